The van der Waals surface area contributed by atoms with Crippen molar-refractivity contribution >= 4 is 11.6 Å². The Kier molecular flexibility index (Phi) is 8.72. The number of hydrazine groups is 1. The Labute approximate surface area is 200 Å². The average molecular weight is 467 g/mol. The highest BCUT2D eigenvalue weighted by Gasteiger charge is 2.26. The van der Waals surface area contributed by atoms with Gasteiger partial charge in [-0.1, -0.05) is 66.2 Å². The molecular weight excluding hydrogens is 436 g/mol. The van der Waals surface area contributed by atoms with E-state index < -0.39 is 0 Å². The summed E-state index contributed by atoms with van der Waals surface area (Å²) in [7, 11) is 0. The summed E-state index contributed by atoms with van der Waals surface area (Å²) in [6.45, 7) is 6.14. The highest BCUT2D eigenvalue weighted by atomic mass is 35.5. The highest BCUT2D eigenvalue weighted by molar-refractivity contribution is 6.30. The van der Waals surface area contributed by atoms with Gasteiger partial charge in [0.05, 0.1) is 6.04 Å². The number of halogens is 1. The maximum Gasteiger partial charge on any atom is 0.119 e. The topological polar surface area (TPSA) is 60.0 Å². The van der Waals surface area contributed by atoms with Crippen molar-refractivity contribution in [2.24, 2.45) is 0 Å². The molecule has 1 fully saturated rings. The number of ether oxygens (including phenoxy) is 1. The van der Waals surface area contributed by atoms with E-state index >= 15 is 0 Å². The Balaban J connectivity index is 1.29. The first kappa shape index (κ1) is 23.7. The molecule has 33 heavy (non-hydrogen) atoms. The average Bonchev–Trinajstić information content (AvgIpc) is 2.86. The first-order valence-corrected chi connectivity index (χ1v) is 11.7. The van der Waals surface area contributed by atoms with Gasteiger partial charge in [-0.2, -0.15) is 0 Å². The first-order valence-electron chi connectivity index (χ1n) is 11.3. The van der Waals surface area contributed by atoms with Gasteiger partial charge in [0.2, 0.25) is 0 Å². The summed E-state index contributed by atoms with van der Waals surface area (Å²) in [5.74, 6) is 0.862. The van der Waals surface area contributed by atoms with Crippen LogP contribution in [-0.4, -0.2) is 54.3 Å². The lowest BCUT2D eigenvalue weighted by Gasteiger charge is -2.39. The molecule has 1 atom stereocenters. The standard InChI is InChI=1S/C26H31ClN4O2/c27-24-10-8-23(9-11-24)26(22-4-2-1-3-5-22)31-16-14-30(15-17-31)18-19-33-25-12-6-21(7-13-25)20-28-29-32/h1-13,26,28-29,32H,14-20H2/t26-/m1/s1. The molecule has 1 aliphatic heterocycles. The summed E-state index contributed by atoms with van der Waals surface area (Å²) in [5.41, 5.74) is 8.24. The van der Waals surface area contributed by atoms with E-state index in [1.54, 1.807) is 0 Å². The molecule has 1 saturated heterocycles. The minimum absolute atomic E-state index is 0.232. The van der Waals surface area contributed by atoms with Crippen LogP contribution in [0.3, 0.4) is 0 Å². The lowest BCUT2D eigenvalue weighted by Crippen LogP contribution is -2.48. The molecule has 0 amide bonds. The number of piperazine rings is 1. The quantitative estimate of drug-likeness (QED) is 0.391. The van der Waals surface area contributed by atoms with E-state index in [2.05, 4.69) is 57.7 Å². The molecule has 0 bridgehead atoms. The molecule has 4 rings (SSSR count). The fraction of sp³-hybridized carbons (Fsp3) is 0.308. The van der Waals surface area contributed by atoms with Crippen LogP contribution in [0.2, 0.25) is 5.02 Å². The molecule has 7 heteroatoms. The summed E-state index contributed by atoms with van der Waals surface area (Å²) in [4.78, 5) is 5.02. The third-order valence-corrected chi connectivity index (χ3v) is 6.30. The van der Waals surface area contributed by atoms with Crippen molar-refractivity contribution in [1.82, 2.24) is 20.8 Å². The summed E-state index contributed by atoms with van der Waals surface area (Å²) in [5, 5.41) is 9.36. The van der Waals surface area contributed by atoms with Gasteiger partial charge in [-0.05, 0) is 41.0 Å². The van der Waals surface area contributed by atoms with Crippen LogP contribution in [0, 0.1) is 0 Å². The second-order valence-electron chi connectivity index (χ2n) is 8.20. The molecule has 1 heterocycles. The van der Waals surface area contributed by atoms with Gasteiger partial charge in [0.15, 0.2) is 0 Å². The molecule has 0 saturated carbocycles. The van der Waals surface area contributed by atoms with Crippen molar-refractivity contribution in [3.05, 3.63) is 101 Å². The van der Waals surface area contributed by atoms with E-state index in [4.69, 9.17) is 21.5 Å². The van der Waals surface area contributed by atoms with Crippen LogP contribution in [0.15, 0.2) is 78.9 Å². The normalized spacial score (nSPS) is 15.9. The summed E-state index contributed by atoms with van der Waals surface area (Å²) in [6, 6.07) is 27.1. The zero-order chi connectivity index (χ0) is 22.9. The minimum atomic E-state index is 0.232. The van der Waals surface area contributed by atoms with Gasteiger partial charge >= 0.3 is 0 Å². The van der Waals surface area contributed by atoms with Crippen molar-refractivity contribution in [2.75, 3.05) is 39.3 Å². The van der Waals surface area contributed by atoms with Gasteiger partial charge in [-0.25, -0.2) is 5.43 Å². The Morgan fingerprint density at radius 2 is 1.52 bits per heavy atom. The summed E-state index contributed by atoms with van der Waals surface area (Å²) in [6.07, 6.45) is 0. The second kappa shape index (κ2) is 12.1. The lowest BCUT2D eigenvalue weighted by molar-refractivity contribution is 0.0977. The van der Waals surface area contributed by atoms with Gasteiger partial charge in [-0.15, -0.1) is 5.59 Å². The Morgan fingerprint density at radius 1 is 0.848 bits per heavy atom. The number of hydrogen-bond acceptors (Lipinski definition) is 6. The van der Waals surface area contributed by atoms with E-state index in [9.17, 15) is 0 Å². The van der Waals surface area contributed by atoms with Crippen molar-refractivity contribution < 1.29 is 9.94 Å². The number of benzene rings is 3. The van der Waals surface area contributed by atoms with Crippen LogP contribution in [-0.2, 0) is 6.54 Å². The van der Waals surface area contributed by atoms with E-state index in [1.807, 2.05) is 42.0 Å². The molecule has 6 nitrogen and oxygen atoms in total. The maximum absolute atomic E-state index is 8.60. The van der Waals surface area contributed by atoms with Crippen LogP contribution in [0.1, 0.15) is 22.7 Å². The largest absolute Gasteiger partial charge is 0.492 e. The number of nitrogens with one attached hydrogen (secondary N) is 2. The Bertz CT molecular complexity index is 962. The Morgan fingerprint density at radius 3 is 2.18 bits per heavy atom. The molecule has 174 valence electrons. The SMILES string of the molecule is ONNCc1ccc(OCCN2CCN([C@H](c3ccccc3)c3ccc(Cl)cc3)CC2)cc1. The molecule has 0 aliphatic carbocycles. The fourth-order valence-electron chi connectivity index (χ4n) is 4.28. The Hall–Kier alpha value is -2.45. The summed E-state index contributed by atoms with van der Waals surface area (Å²) < 4.78 is 5.94. The molecule has 3 aromatic rings. The molecule has 0 aromatic heterocycles. The van der Waals surface area contributed by atoms with E-state index in [1.165, 1.54) is 11.1 Å². The smallest absolute Gasteiger partial charge is 0.119 e. The monoisotopic (exact) mass is 466 g/mol. The molecule has 0 radical (unpaired) electrons. The third-order valence-electron chi connectivity index (χ3n) is 6.04. The van der Waals surface area contributed by atoms with E-state index in [-0.39, 0.29) is 6.04 Å². The first-order chi connectivity index (χ1) is 16.2. The molecule has 0 unspecified atom stereocenters. The van der Waals surface area contributed by atoms with Crippen LogP contribution in [0.4, 0.5) is 0 Å². The zero-order valence-electron chi connectivity index (χ0n) is 18.7. The van der Waals surface area contributed by atoms with Crippen molar-refractivity contribution in [3.8, 4) is 5.75 Å². The number of hydrogen-bond donors (Lipinski definition) is 3. The maximum atomic E-state index is 8.60. The predicted molar refractivity (Wildman–Crippen MR) is 131 cm³/mol. The molecule has 3 N–H and O–H groups in total. The van der Waals surface area contributed by atoms with Crippen molar-refractivity contribution in [3.63, 3.8) is 0 Å². The molecule has 3 aromatic carbocycles. The van der Waals surface area contributed by atoms with Crippen LogP contribution in [0.5, 0.6) is 5.75 Å². The zero-order valence-corrected chi connectivity index (χ0v) is 19.4. The van der Waals surface area contributed by atoms with Crippen molar-refractivity contribution in [1.29, 1.82) is 0 Å². The van der Waals surface area contributed by atoms with Gasteiger partial charge in [0, 0.05) is 44.3 Å². The van der Waals surface area contributed by atoms with Crippen molar-refractivity contribution in [2.45, 2.75) is 12.6 Å². The predicted octanol–water partition coefficient (Wildman–Crippen LogP) is 4.11. The number of nitrogens with zero attached hydrogens (tertiary/aromatic N) is 2. The third kappa shape index (κ3) is 6.77. The van der Waals surface area contributed by atoms with Gasteiger partial charge in [0.1, 0.15) is 12.4 Å². The van der Waals surface area contributed by atoms with E-state index in [0.29, 0.717) is 13.2 Å². The minimum Gasteiger partial charge on any atom is -0.492 e. The van der Waals surface area contributed by atoms with Crippen LogP contribution < -0.4 is 15.8 Å². The van der Waals surface area contributed by atoms with Gasteiger partial charge in [-0.3, -0.25) is 9.80 Å². The van der Waals surface area contributed by atoms with Crippen LogP contribution in [0.25, 0.3) is 0 Å². The lowest BCUT2D eigenvalue weighted by atomic mass is 9.96. The van der Waals surface area contributed by atoms with Gasteiger partial charge < -0.3 is 9.94 Å². The second-order valence-corrected chi connectivity index (χ2v) is 8.64. The van der Waals surface area contributed by atoms with Gasteiger partial charge in [0.25, 0.3) is 0 Å². The number of rotatable bonds is 10. The summed E-state index contributed by atoms with van der Waals surface area (Å²) >= 11 is 6.14. The molecule has 1 aliphatic rings. The molecular formula is C26H31ClN4O2. The molecule has 0 spiro atoms. The van der Waals surface area contributed by atoms with Crippen LogP contribution >= 0.6 is 11.6 Å². The fourth-order valence-corrected chi connectivity index (χ4v) is 4.40. The highest BCUT2D eigenvalue weighted by Crippen LogP contribution is 2.30. The van der Waals surface area contributed by atoms with E-state index in [0.717, 1.165) is 49.1 Å².